The van der Waals surface area contributed by atoms with Crippen molar-refractivity contribution in [2.24, 2.45) is 0 Å². The molecule has 0 amide bonds. The van der Waals surface area contributed by atoms with Gasteiger partial charge in [-0.1, -0.05) is 6.07 Å². The summed E-state index contributed by atoms with van der Waals surface area (Å²) in [5.74, 6) is 0. The molecule has 1 saturated heterocycles. The molecule has 4 rings (SSSR count). The second-order valence-electron chi connectivity index (χ2n) is 5.55. The molecule has 3 aromatic rings. The minimum Gasteiger partial charge on any atom is -0.394 e. The second kappa shape index (κ2) is 5.43. The summed E-state index contributed by atoms with van der Waals surface area (Å²) in [7, 11) is 0. The lowest BCUT2D eigenvalue weighted by Gasteiger charge is -2.17. The lowest BCUT2D eigenvalue weighted by molar-refractivity contribution is -0.0508. The molecule has 4 N–H and O–H groups in total. The highest BCUT2D eigenvalue weighted by Gasteiger charge is 2.43. The first kappa shape index (κ1) is 14.3. The molecule has 0 aliphatic carbocycles. The molecule has 8 nitrogen and oxygen atoms in total. The summed E-state index contributed by atoms with van der Waals surface area (Å²) in [5.41, 5.74) is 3.33. The minimum absolute atomic E-state index is 0.356. The number of benzene rings is 1. The molecule has 1 aromatic carbocycles. The van der Waals surface area contributed by atoms with Gasteiger partial charge in [0.05, 0.1) is 29.7 Å². The van der Waals surface area contributed by atoms with Gasteiger partial charge in [0.1, 0.15) is 18.3 Å². The average Bonchev–Trinajstić information content (AvgIpc) is 3.28. The molecule has 2 aromatic heterocycles. The molecule has 1 aliphatic heterocycles. The number of imidazole rings is 1. The Hall–Kier alpha value is -2.26. The van der Waals surface area contributed by atoms with E-state index >= 15 is 0 Å². The zero-order valence-electron chi connectivity index (χ0n) is 12.1. The Kier molecular flexibility index (Phi) is 3.38. The number of aromatic nitrogens is 4. The summed E-state index contributed by atoms with van der Waals surface area (Å²) in [6.07, 6.45) is -0.621. The van der Waals surface area contributed by atoms with Gasteiger partial charge >= 0.3 is 0 Å². The number of aliphatic hydroxyl groups is 3. The summed E-state index contributed by atoms with van der Waals surface area (Å²) in [6.45, 7) is -0.356. The second-order valence-corrected chi connectivity index (χ2v) is 5.55. The third-order valence-corrected chi connectivity index (χ3v) is 4.18. The van der Waals surface area contributed by atoms with E-state index in [1.165, 1.54) is 0 Å². The number of fused-ring (bicyclic) bond motifs is 1. The van der Waals surface area contributed by atoms with Gasteiger partial charge in [0.25, 0.3) is 0 Å². The number of ether oxygens (including phenoxy) is 1. The summed E-state index contributed by atoms with van der Waals surface area (Å²) in [6, 6.07) is 7.55. The van der Waals surface area contributed by atoms with E-state index in [1.807, 2.05) is 24.3 Å². The maximum Gasteiger partial charge on any atom is 0.164 e. The molecule has 0 saturated carbocycles. The minimum atomic E-state index is -1.13. The van der Waals surface area contributed by atoms with Crippen molar-refractivity contribution >= 4 is 11.0 Å². The van der Waals surface area contributed by atoms with Crippen molar-refractivity contribution in [3.05, 3.63) is 36.8 Å². The van der Waals surface area contributed by atoms with Crippen LogP contribution in [0.2, 0.25) is 0 Å². The Morgan fingerprint density at radius 3 is 2.78 bits per heavy atom. The van der Waals surface area contributed by atoms with Crippen molar-refractivity contribution < 1.29 is 20.1 Å². The fourth-order valence-corrected chi connectivity index (χ4v) is 2.93. The van der Waals surface area contributed by atoms with Crippen LogP contribution in [0.4, 0.5) is 0 Å². The third kappa shape index (κ3) is 2.23. The normalized spacial score (nSPS) is 27.8. The molecule has 3 heterocycles. The highest BCUT2D eigenvalue weighted by molar-refractivity contribution is 5.81. The van der Waals surface area contributed by atoms with Crippen LogP contribution in [0.25, 0.3) is 22.3 Å². The topological polar surface area (TPSA) is 116 Å². The lowest BCUT2D eigenvalue weighted by atomic mass is 10.1. The fraction of sp³-hybridized carbons (Fsp3) is 0.333. The first-order valence-electron chi connectivity index (χ1n) is 7.28. The molecule has 120 valence electrons. The van der Waals surface area contributed by atoms with Gasteiger partial charge in [-0.25, -0.2) is 4.98 Å². The Balaban J connectivity index is 1.72. The van der Waals surface area contributed by atoms with E-state index < -0.39 is 24.5 Å². The van der Waals surface area contributed by atoms with Crippen LogP contribution in [-0.2, 0) is 4.74 Å². The van der Waals surface area contributed by atoms with Crippen molar-refractivity contribution in [1.82, 2.24) is 19.7 Å². The Morgan fingerprint density at radius 1 is 1.22 bits per heavy atom. The van der Waals surface area contributed by atoms with Crippen LogP contribution in [0.3, 0.4) is 0 Å². The molecule has 0 radical (unpaired) electrons. The third-order valence-electron chi connectivity index (χ3n) is 4.18. The van der Waals surface area contributed by atoms with E-state index in [4.69, 9.17) is 4.74 Å². The van der Waals surface area contributed by atoms with Gasteiger partial charge in [-0.2, -0.15) is 5.10 Å². The van der Waals surface area contributed by atoms with Gasteiger partial charge in [-0.15, -0.1) is 0 Å². The Bertz CT molecular complexity index is 816. The maximum atomic E-state index is 10.1. The zero-order chi connectivity index (χ0) is 16.0. The number of nitrogens with zero attached hydrogens (tertiary/aromatic N) is 3. The van der Waals surface area contributed by atoms with Crippen LogP contribution in [0, 0.1) is 0 Å². The number of H-pyrrole nitrogens is 1. The molecule has 8 heteroatoms. The quantitative estimate of drug-likeness (QED) is 0.542. The molecule has 23 heavy (non-hydrogen) atoms. The smallest absolute Gasteiger partial charge is 0.164 e. The number of hydrogen-bond acceptors (Lipinski definition) is 6. The average molecular weight is 316 g/mol. The number of aromatic amines is 1. The van der Waals surface area contributed by atoms with Crippen LogP contribution in [0.15, 0.2) is 36.8 Å². The summed E-state index contributed by atoms with van der Waals surface area (Å²) >= 11 is 0. The Labute approximate surface area is 131 Å². The van der Waals surface area contributed by atoms with E-state index in [-0.39, 0.29) is 6.61 Å². The summed E-state index contributed by atoms with van der Waals surface area (Å²) in [4.78, 5) is 4.34. The SMILES string of the molecule is OC[C@H]1O[C@@H](n2cnc3cc(-c4ccn[nH]4)ccc32)[C@H](O)[C@@H]1O. The molecular weight excluding hydrogens is 300 g/mol. The van der Waals surface area contributed by atoms with Gasteiger partial charge < -0.3 is 24.6 Å². The summed E-state index contributed by atoms with van der Waals surface area (Å²) in [5, 5.41) is 36.1. The predicted molar refractivity (Wildman–Crippen MR) is 80.3 cm³/mol. The van der Waals surface area contributed by atoms with Crippen molar-refractivity contribution in [2.75, 3.05) is 6.61 Å². The van der Waals surface area contributed by atoms with Crippen LogP contribution < -0.4 is 0 Å². The van der Waals surface area contributed by atoms with Crippen LogP contribution in [-0.4, -0.2) is 60.0 Å². The highest BCUT2D eigenvalue weighted by atomic mass is 16.6. The van der Waals surface area contributed by atoms with Crippen LogP contribution in [0.5, 0.6) is 0 Å². The van der Waals surface area contributed by atoms with Crippen molar-refractivity contribution in [3.8, 4) is 11.3 Å². The number of hydrogen-bond donors (Lipinski definition) is 4. The van der Waals surface area contributed by atoms with Gasteiger partial charge in [0, 0.05) is 11.8 Å². The van der Waals surface area contributed by atoms with E-state index in [0.717, 1.165) is 22.3 Å². The summed E-state index contributed by atoms with van der Waals surface area (Å²) < 4.78 is 7.21. The molecule has 1 aliphatic rings. The number of aliphatic hydroxyl groups excluding tert-OH is 3. The fourth-order valence-electron chi connectivity index (χ4n) is 2.93. The monoisotopic (exact) mass is 316 g/mol. The number of nitrogens with one attached hydrogen (secondary N) is 1. The molecule has 4 atom stereocenters. The first-order valence-corrected chi connectivity index (χ1v) is 7.28. The van der Waals surface area contributed by atoms with Gasteiger partial charge in [-0.05, 0) is 18.2 Å². The maximum absolute atomic E-state index is 10.1. The van der Waals surface area contributed by atoms with Crippen molar-refractivity contribution in [2.45, 2.75) is 24.5 Å². The van der Waals surface area contributed by atoms with E-state index in [1.54, 1.807) is 17.1 Å². The van der Waals surface area contributed by atoms with Crippen molar-refractivity contribution in [1.29, 1.82) is 0 Å². The predicted octanol–water partition coefficient (Wildman–Crippen LogP) is 0.0379. The zero-order valence-corrected chi connectivity index (χ0v) is 12.1. The largest absolute Gasteiger partial charge is 0.394 e. The van der Waals surface area contributed by atoms with Gasteiger partial charge in [0.2, 0.25) is 0 Å². The van der Waals surface area contributed by atoms with Crippen LogP contribution >= 0.6 is 0 Å². The molecule has 0 spiro atoms. The first-order chi connectivity index (χ1) is 11.2. The standard InChI is InChI=1S/C15H16N4O4/c20-6-12-13(21)14(22)15(23-12)19-7-16-10-5-8(1-2-11(10)19)9-3-4-17-18-9/h1-5,7,12-15,20-22H,6H2,(H,17,18)/t12-,13-,14-,15-/m1/s1. The van der Waals surface area contributed by atoms with Gasteiger partial charge in [0.15, 0.2) is 6.23 Å². The molecular formula is C15H16N4O4. The highest BCUT2D eigenvalue weighted by Crippen LogP contribution is 2.32. The van der Waals surface area contributed by atoms with Gasteiger partial charge in [-0.3, -0.25) is 5.10 Å². The number of rotatable bonds is 3. The molecule has 1 fully saturated rings. The van der Waals surface area contributed by atoms with E-state index in [2.05, 4.69) is 15.2 Å². The van der Waals surface area contributed by atoms with E-state index in [9.17, 15) is 15.3 Å². The van der Waals surface area contributed by atoms with Crippen LogP contribution in [0.1, 0.15) is 6.23 Å². The van der Waals surface area contributed by atoms with E-state index in [0.29, 0.717) is 0 Å². The lowest BCUT2D eigenvalue weighted by Crippen LogP contribution is -2.33. The Morgan fingerprint density at radius 2 is 2.09 bits per heavy atom. The molecule has 0 bridgehead atoms. The van der Waals surface area contributed by atoms with Crippen molar-refractivity contribution in [3.63, 3.8) is 0 Å². The molecule has 0 unspecified atom stereocenters.